The summed E-state index contributed by atoms with van der Waals surface area (Å²) in [6.07, 6.45) is 0. The number of carbonyl (C=O) groups excluding carboxylic acids is 2. The molecule has 0 aliphatic heterocycles. The van der Waals surface area contributed by atoms with Crippen molar-refractivity contribution in [3.63, 3.8) is 0 Å². The Hall–Kier alpha value is -2.40. The molecule has 5 heteroatoms. The van der Waals surface area contributed by atoms with Crippen molar-refractivity contribution in [3.05, 3.63) is 42.0 Å². The molecule has 4 N–H and O–H groups in total. The van der Waals surface area contributed by atoms with Crippen molar-refractivity contribution in [1.82, 2.24) is 0 Å². The molecule has 1 atom stereocenters. The van der Waals surface area contributed by atoms with Crippen LogP contribution in [0.5, 0.6) is 0 Å². The van der Waals surface area contributed by atoms with Crippen LogP contribution in [0, 0.1) is 5.41 Å². The Morgan fingerprint density at radius 2 is 1.64 bits per heavy atom. The maximum absolute atomic E-state index is 12.2. The maximum atomic E-state index is 12.2. The fourth-order valence-corrected chi connectivity index (χ4v) is 2.00. The minimum absolute atomic E-state index is 0.160. The third-order valence-corrected chi connectivity index (χ3v) is 3.52. The number of benzene rings is 2. The summed E-state index contributed by atoms with van der Waals surface area (Å²) >= 11 is 0. The van der Waals surface area contributed by atoms with Crippen LogP contribution in [0.3, 0.4) is 0 Å². The first-order valence-electron chi connectivity index (χ1n) is 7.00. The molecule has 0 saturated heterocycles. The zero-order valence-electron chi connectivity index (χ0n) is 12.9. The lowest BCUT2D eigenvalue weighted by Gasteiger charge is -2.24. The highest BCUT2D eigenvalue weighted by Gasteiger charge is 2.31. The van der Waals surface area contributed by atoms with Crippen LogP contribution in [-0.2, 0) is 9.53 Å². The highest BCUT2D eigenvalue weighted by atomic mass is 16.6. The molecule has 0 aliphatic rings. The lowest BCUT2D eigenvalue weighted by atomic mass is 9.87. The highest BCUT2D eigenvalue weighted by molar-refractivity contribution is 6.05. The van der Waals surface area contributed by atoms with Gasteiger partial charge in [-0.25, -0.2) is 9.59 Å². The summed E-state index contributed by atoms with van der Waals surface area (Å²) in [5, 5.41) is 1.76. The van der Waals surface area contributed by atoms with Crippen molar-refractivity contribution in [2.24, 2.45) is 11.1 Å². The van der Waals surface area contributed by atoms with Crippen molar-refractivity contribution in [1.29, 1.82) is 0 Å². The molecule has 0 spiro atoms. The summed E-state index contributed by atoms with van der Waals surface area (Å²) in [5.74, 6) is -1.54. The molecular formula is C17H20N2O3. The third kappa shape index (κ3) is 3.26. The van der Waals surface area contributed by atoms with Crippen LogP contribution < -0.4 is 11.5 Å². The number of nitrogens with two attached hydrogens (primary N) is 2. The smallest absolute Gasteiger partial charge is 0.347 e. The van der Waals surface area contributed by atoms with Gasteiger partial charge in [-0.1, -0.05) is 45.0 Å². The average Bonchev–Trinajstić information content (AvgIpc) is 2.44. The first kappa shape index (κ1) is 16.0. The SMILES string of the molecule is CC(C)(C)[C@H](N)C(=O)OC(=O)c1cc2ccccc2cc1N. The van der Waals surface area contributed by atoms with Crippen molar-refractivity contribution in [3.8, 4) is 0 Å². The molecule has 0 fully saturated rings. The Morgan fingerprint density at radius 1 is 1.09 bits per heavy atom. The molecule has 2 aromatic carbocycles. The summed E-state index contributed by atoms with van der Waals surface area (Å²) in [5.41, 5.74) is 11.6. The van der Waals surface area contributed by atoms with Crippen LogP contribution in [0.1, 0.15) is 31.1 Å². The molecule has 22 heavy (non-hydrogen) atoms. The zero-order chi connectivity index (χ0) is 16.5. The molecule has 0 heterocycles. The summed E-state index contributed by atoms with van der Waals surface area (Å²) in [6, 6.07) is 9.89. The molecule has 0 aromatic heterocycles. The molecule has 2 rings (SSSR count). The lowest BCUT2D eigenvalue weighted by Crippen LogP contribution is -2.44. The van der Waals surface area contributed by atoms with E-state index < -0.39 is 23.4 Å². The number of hydrogen-bond acceptors (Lipinski definition) is 5. The van der Waals surface area contributed by atoms with Gasteiger partial charge in [-0.3, -0.25) is 0 Å². The van der Waals surface area contributed by atoms with Gasteiger partial charge in [-0.2, -0.15) is 0 Å². The molecule has 0 aliphatic carbocycles. The number of esters is 2. The van der Waals surface area contributed by atoms with E-state index in [9.17, 15) is 9.59 Å². The lowest BCUT2D eigenvalue weighted by molar-refractivity contribution is -0.141. The van der Waals surface area contributed by atoms with E-state index in [4.69, 9.17) is 16.2 Å². The number of nitrogen functional groups attached to an aromatic ring is 1. The van der Waals surface area contributed by atoms with Gasteiger partial charge in [-0.15, -0.1) is 0 Å². The molecule has 116 valence electrons. The van der Waals surface area contributed by atoms with Crippen molar-refractivity contribution in [2.45, 2.75) is 26.8 Å². The van der Waals surface area contributed by atoms with Gasteiger partial charge in [0, 0.05) is 5.69 Å². The highest BCUT2D eigenvalue weighted by Crippen LogP contribution is 2.23. The second-order valence-electron chi connectivity index (χ2n) is 6.34. The average molecular weight is 300 g/mol. The monoisotopic (exact) mass is 300 g/mol. The van der Waals surface area contributed by atoms with Crippen molar-refractivity contribution < 1.29 is 14.3 Å². The number of carbonyl (C=O) groups is 2. The van der Waals surface area contributed by atoms with Gasteiger partial charge in [0.2, 0.25) is 0 Å². The van der Waals surface area contributed by atoms with E-state index in [-0.39, 0.29) is 11.3 Å². The minimum atomic E-state index is -0.891. The van der Waals surface area contributed by atoms with E-state index >= 15 is 0 Å². The van der Waals surface area contributed by atoms with E-state index in [1.165, 1.54) is 0 Å². The van der Waals surface area contributed by atoms with Gasteiger partial charge >= 0.3 is 11.9 Å². The van der Waals surface area contributed by atoms with Crippen molar-refractivity contribution in [2.75, 3.05) is 5.73 Å². The first-order chi connectivity index (χ1) is 10.2. The van der Waals surface area contributed by atoms with E-state index in [2.05, 4.69) is 0 Å². The number of anilines is 1. The Kier molecular flexibility index (Phi) is 4.19. The maximum Gasteiger partial charge on any atom is 0.347 e. The number of ether oxygens (including phenoxy) is 1. The quantitative estimate of drug-likeness (QED) is 0.504. The Balaban J connectivity index is 2.26. The van der Waals surface area contributed by atoms with Crippen LogP contribution in [0.2, 0.25) is 0 Å². The Morgan fingerprint density at radius 3 is 2.18 bits per heavy atom. The molecule has 0 radical (unpaired) electrons. The second kappa shape index (κ2) is 5.77. The van der Waals surface area contributed by atoms with Crippen molar-refractivity contribution >= 4 is 28.4 Å². The van der Waals surface area contributed by atoms with Gasteiger partial charge < -0.3 is 16.2 Å². The normalized spacial score (nSPS) is 12.9. The fourth-order valence-electron chi connectivity index (χ4n) is 2.00. The molecular weight excluding hydrogens is 280 g/mol. The fraction of sp³-hybridized carbons (Fsp3) is 0.294. The Labute approximate surface area is 129 Å². The summed E-state index contributed by atoms with van der Waals surface area (Å²) < 4.78 is 4.87. The van der Waals surface area contributed by atoms with Gasteiger partial charge in [0.15, 0.2) is 0 Å². The van der Waals surface area contributed by atoms with Gasteiger partial charge in [0.1, 0.15) is 6.04 Å². The first-order valence-corrected chi connectivity index (χ1v) is 7.00. The van der Waals surface area contributed by atoms with E-state index in [0.29, 0.717) is 0 Å². The van der Waals surface area contributed by atoms with Crippen LogP contribution in [-0.4, -0.2) is 18.0 Å². The standard InChI is InChI=1S/C17H20N2O3/c1-17(2,3)14(19)16(21)22-15(20)12-8-10-6-4-5-7-11(10)9-13(12)18/h4-9,14H,18-19H2,1-3H3/t14-/m1/s1. The van der Waals surface area contributed by atoms with E-state index in [1.807, 2.05) is 24.3 Å². The Bertz CT molecular complexity index is 732. The number of hydrogen-bond donors (Lipinski definition) is 2. The van der Waals surface area contributed by atoms with Gasteiger partial charge in [-0.05, 0) is 28.3 Å². The van der Waals surface area contributed by atoms with Crippen LogP contribution in [0.15, 0.2) is 36.4 Å². The van der Waals surface area contributed by atoms with Crippen LogP contribution in [0.4, 0.5) is 5.69 Å². The number of fused-ring (bicyclic) bond motifs is 1. The predicted octanol–water partition coefficient (Wildman–Crippen LogP) is 2.48. The third-order valence-electron chi connectivity index (χ3n) is 3.52. The van der Waals surface area contributed by atoms with Gasteiger partial charge in [0.05, 0.1) is 5.56 Å². The molecule has 5 nitrogen and oxygen atoms in total. The molecule has 0 bridgehead atoms. The zero-order valence-corrected chi connectivity index (χ0v) is 12.9. The summed E-state index contributed by atoms with van der Waals surface area (Å²) in [4.78, 5) is 24.1. The summed E-state index contributed by atoms with van der Waals surface area (Å²) in [7, 11) is 0. The predicted molar refractivity (Wildman–Crippen MR) is 86.2 cm³/mol. The second-order valence-corrected chi connectivity index (χ2v) is 6.34. The molecule has 0 unspecified atom stereocenters. The molecule has 2 aromatic rings. The van der Waals surface area contributed by atoms with E-state index in [0.717, 1.165) is 10.8 Å². The number of rotatable bonds is 2. The van der Waals surface area contributed by atoms with E-state index in [1.54, 1.807) is 32.9 Å². The topological polar surface area (TPSA) is 95.4 Å². The summed E-state index contributed by atoms with van der Waals surface area (Å²) in [6.45, 7) is 5.40. The minimum Gasteiger partial charge on any atom is -0.398 e. The van der Waals surface area contributed by atoms with Gasteiger partial charge in [0.25, 0.3) is 0 Å². The molecule has 0 amide bonds. The molecule has 0 saturated carbocycles. The van der Waals surface area contributed by atoms with Crippen LogP contribution >= 0.6 is 0 Å². The van der Waals surface area contributed by atoms with Crippen LogP contribution in [0.25, 0.3) is 10.8 Å². The largest absolute Gasteiger partial charge is 0.398 e.